The Morgan fingerprint density at radius 2 is 1.93 bits per heavy atom. The zero-order chi connectivity index (χ0) is 19.9. The predicted octanol–water partition coefficient (Wildman–Crippen LogP) is 2.31. The first-order chi connectivity index (χ1) is 13.5. The van der Waals surface area contributed by atoms with Gasteiger partial charge in [0.15, 0.2) is 0 Å². The highest BCUT2D eigenvalue weighted by Crippen LogP contribution is 2.19. The van der Waals surface area contributed by atoms with Gasteiger partial charge in [-0.15, -0.1) is 11.3 Å². The van der Waals surface area contributed by atoms with Crippen LogP contribution in [0.1, 0.15) is 23.5 Å². The monoisotopic (exact) mass is 403 g/mol. The smallest absolute Gasteiger partial charge is 0.319 e. The van der Waals surface area contributed by atoms with Crippen LogP contribution < -0.4 is 20.9 Å². The van der Waals surface area contributed by atoms with Crippen molar-refractivity contribution in [1.82, 2.24) is 15.6 Å². The number of nitrogens with zero attached hydrogens (tertiary/aromatic N) is 2. The number of aromatic nitrogens is 1. The summed E-state index contributed by atoms with van der Waals surface area (Å²) in [5.74, 6) is 0.730. The van der Waals surface area contributed by atoms with Crippen LogP contribution in [-0.2, 0) is 4.74 Å². The van der Waals surface area contributed by atoms with E-state index in [1.807, 2.05) is 37.4 Å². The standard InChI is InChI=1S/C19H25N5O3S/c1-13-11-24(12-14(2)27-13)17-6-5-15(10-22-17)23-19(26)21-8-7-20-18(25)16-4-3-9-28-16/h3-6,9-10,13-14H,7-8,11-12H2,1-2H3,(H,20,25)(H2,21,23,26)/t13-,14+. The van der Waals surface area contributed by atoms with E-state index in [4.69, 9.17) is 4.74 Å². The number of amides is 3. The van der Waals surface area contributed by atoms with Gasteiger partial charge in [-0.3, -0.25) is 4.79 Å². The van der Waals surface area contributed by atoms with Crippen molar-refractivity contribution in [3.05, 3.63) is 40.7 Å². The number of ether oxygens (including phenoxy) is 1. The maximum Gasteiger partial charge on any atom is 0.319 e. The molecule has 9 heteroatoms. The van der Waals surface area contributed by atoms with Crippen LogP contribution in [0.25, 0.3) is 0 Å². The van der Waals surface area contributed by atoms with E-state index in [9.17, 15) is 9.59 Å². The second-order valence-corrected chi connectivity index (χ2v) is 7.63. The van der Waals surface area contributed by atoms with Crippen LogP contribution in [0.4, 0.5) is 16.3 Å². The van der Waals surface area contributed by atoms with Crippen molar-refractivity contribution in [2.45, 2.75) is 26.1 Å². The van der Waals surface area contributed by atoms with Gasteiger partial charge in [-0.25, -0.2) is 9.78 Å². The minimum Gasteiger partial charge on any atom is -0.372 e. The molecule has 0 unspecified atom stereocenters. The summed E-state index contributed by atoms with van der Waals surface area (Å²) in [5.41, 5.74) is 0.609. The number of carbonyl (C=O) groups excluding carboxylic acids is 2. The number of pyridine rings is 1. The maximum absolute atomic E-state index is 12.0. The molecule has 0 aliphatic carbocycles. The zero-order valence-corrected chi connectivity index (χ0v) is 16.8. The third kappa shape index (κ3) is 5.67. The van der Waals surface area contributed by atoms with E-state index in [2.05, 4.69) is 25.8 Å². The molecule has 28 heavy (non-hydrogen) atoms. The summed E-state index contributed by atoms with van der Waals surface area (Å²) in [6.45, 7) is 6.37. The third-order valence-corrected chi connectivity index (χ3v) is 5.06. The van der Waals surface area contributed by atoms with Crippen molar-refractivity contribution in [3.63, 3.8) is 0 Å². The number of anilines is 2. The fourth-order valence-corrected chi connectivity index (χ4v) is 3.67. The second-order valence-electron chi connectivity index (χ2n) is 6.68. The van der Waals surface area contributed by atoms with E-state index in [0.717, 1.165) is 18.9 Å². The molecular weight excluding hydrogens is 378 g/mol. The first-order valence-corrected chi connectivity index (χ1v) is 10.1. The van der Waals surface area contributed by atoms with Crippen molar-refractivity contribution in [3.8, 4) is 0 Å². The molecule has 0 saturated carbocycles. The molecule has 2 aromatic heterocycles. The van der Waals surface area contributed by atoms with E-state index in [1.165, 1.54) is 11.3 Å². The van der Waals surface area contributed by atoms with Gasteiger partial charge in [-0.2, -0.15) is 0 Å². The number of nitrogens with one attached hydrogen (secondary N) is 3. The number of carbonyl (C=O) groups is 2. The van der Waals surface area contributed by atoms with Gasteiger partial charge in [0.05, 0.1) is 29.0 Å². The van der Waals surface area contributed by atoms with Gasteiger partial charge in [-0.05, 0) is 37.4 Å². The Morgan fingerprint density at radius 3 is 2.57 bits per heavy atom. The minimum absolute atomic E-state index is 0.135. The molecule has 150 valence electrons. The lowest BCUT2D eigenvalue weighted by Crippen LogP contribution is -2.45. The number of hydrogen-bond donors (Lipinski definition) is 3. The lowest BCUT2D eigenvalue weighted by Gasteiger charge is -2.36. The van der Waals surface area contributed by atoms with Crippen LogP contribution in [0.3, 0.4) is 0 Å². The summed E-state index contributed by atoms with van der Waals surface area (Å²) in [5, 5.41) is 10.0. The highest BCUT2D eigenvalue weighted by atomic mass is 32.1. The molecule has 3 N–H and O–H groups in total. The molecule has 3 rings (SSSR count). The molecular formula is C19H25N5O3S. The number of thiophene rings is 1. The molecule has 3 heterocycles. The van der Waals surface area contributed by atoms with Gasteiger partial charge in [0, 0.05) is 26.2 Å². The first-order valence-electron chi connectivity index (χ1n) is 9.24. The third-order valence-electron chi connectivity index (χ3n) is 4.19. The van der Waals surface area contributed by atoms with Gasteiger partial charge in [0.2, 0.25) is 0 Å². The van der Waals surface area contributed by atoms with Crippen molar-refractivity contribution in [1.29, 1.82) is 0 Å². The number of urea groups is 1. The van der Waals surface area contributed by atoms with Gasteiger partial charge in [-0.1, -0.05) is 6.07 Å². The maximum atomic E-state index is 12.0. The summed E-state index contributed by atoms with van der Waals surface area (Å²) in [4.78, 5) is 31.0. The van der Waals surface area contributed by atoms with Crippen molar-refractivity contribution >= 4 is 34.8 Å². The van der Waals surface area contributed by atoms with Crippen molar-refractivity contribution < 1.29 is 14.3 Å². The quantitative estimate of drug-likeness (QED) is 0.644. The molecule has 8 nitrogen and oxygen atoms in total. The molecule has 1 saturated heterocycles. The minimum atomic E-state index is -0.339. The first kappa shape index (κ1) is 20.1. The van der Waals surface area contributed by atoms with Gasteiger partial charge in [0.25, 0.3) is 5.91 Å². The topological polar surface area (TPSA) is 95.6 Å². The normalized spacial score (nSPS) is 19.1. The highest BCUT2D eigenvalue weighted by molar-refractivity contribution is 7.12. The molecule has 2 aromatic rings. The van der Waals surface area contributed by atoms with Crippen molar-refractivity contribution in [2.24, 2.45) is 0 Å². The van der Waals surface area contributed by atoms with Crippen LogP contribution in [0.5, 0.6) is 0 Å². The van der Waals surface area contributed by atoms with Crippen LogP contribution in [0, 0.1) is 0 Å². The molecule has 1 fully saturated rings. The van der Waals surface area contributed by atoms with E-state index < -0.39 is 0 Å². The second kappa shape index (κ2) is 9.52. The number of hydrogen-bond acceptors (Lipinski definition) is 6. The summed E-state index contributed by atoms with van der Waals surface area (Å²) in [6, 6.07) is 6.96. The molecule has 2 atom stereocenters. The van der Waals surface area contributed by atoms with Crippen LogP contribution >= 0.6 is 11.3 Å². The Morgan fingerprint density at radius 1 is 1.18 bits per heavy atom. The van der Waals surface area contributed by atoms with E-state index >= 15 is 0 Å². The Kier molecular flexibility index (Phi) is 6.83. The average Bonchev–Trinajstić information content (AvgIpc) is 3.20. The van der Waals surface area contributed by atoms with Gasteiger partial charge < -0.3 is 25.6 Å². The van der Waals surface area contributed by atoms with E-state index in [-0.39, 0.29) is 24.1 Å². The van der Waals surface area contributed by atoms with Crippen LogP contribution in [-0.4, -0.2) is 55.3 Å². The Bertz CT molecular complexity index is 771. The summed E-state index contributed by atoms with van der Waals surface area (Å²) in [6.07, 6.45) is 1.96. The van der Waals surface area contributed by atoms with Crippen LogP contribution in [0.15, 0.2) is 35.8 Å². The largest absolute Gasteiger partial charge is 0.372 e. The van der Waals surface area contributed by atoms with E-state index in [1.54, 1.807) is 12.3 Å². The molecule has 0 bridgehead atoms. The fourth-order valence-electron chi connectivity index (χ4n) is 3.03. The molecule has 1 aliphatic rings. The molecule has 1 aliphatic heterocycles. The number of morpholine rings is 1. The van der Waals surface area contributed by atoms with Crippen molar-refractivity contribution in [2.75, 3.05) is 36.4 Å². The Balaban J connectivity index is 1.40. The predicted molar refractivity (Wildman–Crippen MR) is 110 cm³/mol. The Labute approximate surface area is 168 Å². The zero-order valence-electron chi connectivity index (χ0n) is 16.0. The van der Waals surface area contributed by atoms with Gasteiger partial charge >= 0.3 is 6.03 Å². The molecule has 0 aromatic carbocycles. The summed E-state index contributed by atoms with van der Waals surface area (Å²) >= 11 is 1.38. The summed E-state index contributed by atoms with van der Waals surface area (Å²) < 4.78 is 5.74. The number of rotatable bonds is 6. The SMILES string of the molecule is C[C@@H]1CN(c2ccc(NC(=O)NCCNC(=O)c3cccs3)cn2)C[C@H](C)O1. The Hall–Kier alpha value is -2.65. The van der Waals surface area contributed by atoms with Gasteiger partial charge in [0.1, 0.15) is 5.82 Å². The fraction of sp³-hybridized carbons (Fsp3) is 0.421. The highest BCUT2D eigenvalue weighted by Gasteiger charge is 2.23. The molecule has 3 amide bonds. The average molecular weight is 404 g/mol. The summed E-state index contributed by atoms with van der Waals surface area (Å²) in [7, 11) is 0. The molecule has 0 radical (unpaired) electrons. The molecule has 0 spiro atoms. The van der Waals surface area contributed by atoms with E-state index in [0.29, 0.717) is 23.7 Å². The lowest BCUT2D eigenvalue weighted by molar-refractivity contribution is -0.00545. The lowest BCUT2D eigenvalue weighted by atomic mass is 10.2. The van der Waals surface area contributed by atoms with Crippen LogP contribution in [0.2, 0.25) is 0 Å².